The molecule has 0 rings (SSSR count). The van der Waals surface area contributed by atoms with E-state index in [0.29, 0.717) is 13.2 Å². The maximum absolute atomic E-state index is 11.7. The van der Waals surface area contributed by atoms with E-state index in [0.717, 1.165) is 0 Å². The van der Waals surface area contributed by atoms with Crippen LogP contribution in [0.5, 0.6) is 0 Å². The van der Waals surface area contributed by atoms with E-state index in [-0.39, 0.29) is 25.0 Å². The molecule has 16 heavy (non-hydrogen) atoms. The highest BCUT2D eigenvalue weighted by Crippen LogP contribution is 1.97. The summed E-state index contributed by atoms with van der Waals surface area (Å²) >= 11 is 0. The van der Waals surface area contributed by atoms with Gasteiger partial charge in [0.25, 0.3) is 0 Å². The average Bonchev–Trinajstić information content (AvgIpc) is 2.20. The van der Waals surface area contributed by atoms with Crippen LogP contribution in [-0.4, -0.2) is 56.1 Å². The van der Waals surface area contributed by atoms with Crippen molar-refractivity contribution >= 4 is 11.8 Å². The molecular weight excluding hydrogens is 210 g/mol. The number of rotatable bonds is 8. The second-order valence-corrected chi connectivity index (χ2v) is 3.75. The fraction of sp³-hybridized carbons (Fsp3) is 0.800. The first-order valence-electron chi connectivity index (χ1n) is 5.26. The zero-order valence-electron chi connectivity index (χ0n) is 10.2. The molecule has 0 atom stereocenters. The van der Waals surface area contributed by atoms with Gasteiger partial charge < -0.3 is 20.7 Å². The maximum atomic E-state index is 11.7. The molecule has 0 aromatic carbocycles. The predicted molar refractivity (Wildman–Crippen MR) is 60.8 cm³/mol. The molecule has 6 heteroatoms. The van der Waals surface area contributed by atoms with Crippen LogP contribution in [-0.2, 0) is 14.3 Å². The molecule has 2 amide bonds. The van der Waals surface area contributed by atoms with Gasteiger partial charge in [0, 0.05) is 19.7 Å². The number of ether oxygens (including phenoxy) is 1. The van der Waals surface area contributed by atoms with E-state index in [1.165, 1.54) is 4.90 Å². The van der Waals surface area contributed by atoms with Gasteiger partial charge in [-0.05, 0) is 13.8 Å². The lowest BCUT2D eigenvalue weighted by Crippen LogP contribution is -2.46. The fourth-order valence-corrected chi connectivity index (χ4v) is 1.20. The van der Waals surface area contributed by atoms with Gasteiger partial charge in [-0.25, -0.2) is 0 Å². The number of hydrogen-bond acceptors (Lipinski definition) is 4. The van der Waals surface area contributed by atoms with Crippen molar-refractivity contribution in [3.8, 4) is 0 Å². The molecule has 6 nitrogen and oxygen atoms in total. The average molecular weight is 231 g/mol. The Kier molecular flexibility index (Phi) is 7.49. The van der Waals surface area contributed by atoms with E-state index >= 15 is 0 Å². The van der Waals surface area contributed by atoms with Gasteiger partial charge in [-0.1, -0.05) is 0 Å². The first kappa shape index (κ1) is 14.9. The monoisotopic (exact) mass is 231 g/mol. The van der Waals surface area contributed by atoms with Gasteiger partial charge >= 0.3 is 0 Å². The number of methoxy groups -OCH3 is 1. The van der Waals surface area contributed by atoms with Gasteiger partial charge in [-0.3, -0.25) is 9.59 Å². The van der Waals surface area contributed by atoms with E-state index in [2.05, 4.69) is 5.32 Å². The van der Waals surface area contributed by atoms with Crippen molar-refractivity contribution < 1.29 is 14.3 Å². The van der Waals surface area contributed by atoms with Gasteiger partial charge in [-0.15, -0.1) is 0 Å². The second kappa shape index (κ2) is 8.06. The molecule has 0 aliphatic carbocycles. The summed E-state index contributed by atoms with van der Waals surface area (Å²) in [5.41, 5.74) is 5.07. The lowest BCUT2D eigenvalue weighted by Gasteiger charge is -2.25. The van der Waals surface area contributed by atoms with Gasteiger partial charge in [0.2, 0.25) is 11.8 Å². The van der Waals surface area contributed by atoms with Crippen LogP contribution in [0.3, 0.4) is 0 Å². The molecule has 94 valence electrons. The number of nitrogens with zero attached hydrogens (tertiary/aromatic N) is 1. The molecule has 0 saturated heterocycles. The Morgan fingerprint density at radius 3 is 2.50 bits per heavy atom. The molecule has 0 aliphatic rings. The minimum atomic E-state index is -0.501. The summed E-state index contributed by atoms with van der Waals surface area (Å²) in [4.78, 5) is 23.9. The predicted octanol–water partition coefficient (Wildman–Crippen LogP) is -1.06. The lowest BCUT2D eigenvalue weighted by molar-refractivity contribution is -0.136. The lowest BCUT2D eigenvalue weighted by atomic mass is 10.3. The Labute approximate surface area is 96.1 Å². The molecule has 0 heterocycles. The molecule has 0 aromatic heterocycles. The number of hydrogen-bond donors (Lipinski definition) is 2. The molecule has 0 spiro atoms. The summed E-state index contributed by atoms with van der Waals surface area (Å²) in [6, 6.07) is -0.0378. The number of carbonyl (C=O) groups excluding carboxylic acids is 2. The Bertz CT molecular complexity index is 231. The van der Waals surface area contributed by atoms with Crippen LogP contribution in [0.15, 0.2) is 0 Å². The summed E-state index contributed by atoms with van der Waals surface area (Å²) in [6.45, 7) is 4.98. The smallest absolute Gasteiger partial charge is 0.237 e. The van der Waals surface area contributed by atoms with Crippen LogP contribution in [0.2, 0.25) is 0 Å². The van der Waals surface area contributed by atoms with Crippen molar-refractivity contribution in [2.24, 2.45) is 5.73 Å². The number of primary amides is 1. The third-order valence-corrected chi connectivity index (χ3v) is 2.03. The Balaban J connectivity index is 4.02. The van der Waals surface area contributed by atoms with Crippen molar-refractivity contribution in [2.45, 2.75) is 19.9 Å². The van der Waals surface area contributed by atoms with Gasteiger partial charge in [0.1, 0.15) is 0 Å². The summed E-state index contributed by atoms with van der Waals surface area (Å²) < 4.78 is 4.83. The van der Waals surface area contributed by atoms with Crippen molar-refractivity contribution in [1.29, 1.82) is 0 Å². The number of nitrogens with one attached hydrogen (secondary N) is 1. The standard InChI is InChI=1S/C10H21N3O3/c1-8(2)13(7-9(11)14)10(15)6-12-4-5-16-3/h8,12H,4-7H2,1-3H3,(H2,11,14). The summed E-state index contributed by atoms with van der Waals surface area (Å²) in [5, 5.41) is 2.93. The Morgan fingerprint density at radius 1 is 1.44 bits per heavy atom. The van der Waals surface area contributed by atoms with Crippen molar-refractivity contribution in [3.05, 3.63) is 0 Å². The van der Waals surface area contributed by atoms with Crippen molar-refractivity contribution in [2.75, 3.05) is 33.4 Å². The topological polar surface area (TPSA) is 84.7 Å². The van der Waals surface area contributed by atoms with Gasteiger partial charge in [-0.2, -0.15) is 0 Å². The van der Waals surface area contributed by atoms with Crippen LogP contribution in [0.1, 0.15) is 13.8 Å². The van der Waals surface area contributed by atoms with Gasteiger partial charge in [0.05, 0.1) is 19.7 Å². The van der Waals surface area contributed by atoms with E-state index in [4.69, 9.17) is 10.5 Å². The molecule has 0 saturated carbocycles. The molecule has 0 bridgehead atoms. The zero-order chi connectivity index (χ0) is 12.6. The highest BCUT2D eigenvalue weighted by Gasteiger charge is 2.17. The summed E-state index contributed by atoms with van der Waals surface area (Å²) in [5.74, 6) is -0.635. The minimum absolute atomic E-state index is 0.0378. The van der Waals surface area contributed by atoms with Crippen LogP contribution in [0.25, 0.3) is 0 Å². The number of amides is 2. The SMILES string of the molecule is COCCNCC(=O)N(CC(N)=O)C(C)C. The van der Waals surface area contributed by atoms with Crippen molar-refractivity contribution in [3.63, 3.8) is 0 Å². The third kappa shape index (κ3) is 6.36. The molecular formula is C10H21N3O3. The molecule has 0 aromatic rings. The van der Waals surface area contributed by atoms with Crippen LogP contribution in [0, 0.1) is 0 Å². The quantitative estimate of drug-likeness (QED) is 0.522. The second-order valence-electron chi connectivity index (χ2n) is 3.75. The molecule has 0 unspecified atom stereocenters. The molecule has 0 radical (unpaired) electrons. The molecule has 0 aliphatic heterocycles. The maximum Gasteiger partial charge on any atom is 0.237 e. The van der Waals surface area contributed by atoms with E-state index < -0.39 is 5.91 Å². The largest absolute Gasteiger partial charge is 0.383 e. The van der Waals surface area contributed by atoms with Gasteiger partial charge in [0.15, 0.2) is 0 Å². The highest BCUT2D eigenvalue weighted by molar-refractivity contribution is 5.85. The Morgan fingerprint density at radius 2 is 2.06 bits per heavy atom. The minimum Gasteiger partial charge on any atom is -0.383 e. The van der Waals surface area contributed by atoms with Crippen LogP contribution >= 0.6 is 0 Å². The van der Waals surface area contributed by atoms with E-state index in [1.807, 2.05) is 13.8 Å². The number of nitrogens with two attached hydrogens (primary N) is 1. The van der Waals surface area contributed by atoms with E-state index in [9.17, 15) is 9.59 Å². The third-order valence-electron chi connectivity index (χ3n) is 2.03. The zero-order valence-corrected chi connectivity index (χ0v) is 10.2. The first-order valence-corrected chi connectivity index (χ1v) is 5.26. The Hall–Kier alpha value is -1.14. The summed E-state index contributed by atoms with van der Waals surface area (Å²) in [7, 11) is 1.59. The van der Waals surface area contributed by atoms with Crippen LogP contribution < -0.4 is 11.1 Å². The summed E-state index contributed by atoms with van der Waals surface area (Å²) in [6.07, 6.45) is 0. The number of carbonyl (C=O) groups is 2. The molecule has 0 fully saturated rings. The normalized spacial score (nSPS) is 10.5. The first-order chi connectivity index (χ1) is 7.49. The van der Waals surface area contributed by atoms with Crippen LogP contribution in [0.4, 0.5) is 0 Å². The fourth-order valence-electron chi connectivity index (χ4n) is 1.20. The molecule has 3 N–H and O–H groups in total. The van der Waals surface area contributed by atoms with E-state index in [1.54, 1.807) is 7.11 Å². The highest BCUT2D eigenvalue weighted by atomic mass is 16.5. The van der Waals surface area contributed by atoms with Crippen molar-refractivity contribution in [1.82, 2.24) is 10.2 Å².